The highest BCUT2D eigenvalue weighted by molar-refractivity contribution is 9.10. The van der Waals surface area contributed by atoms with E-state index in [0.717, 1.165) is 26.7 Å². The molecule has 9 heteroatoms. The highest BCUT2D eigenvalue weighted by Crippen LogP contribution is 2.32. The van der Waals surface area contributed by atoms with Gasteiger partial charge in [-0.05, 0) is 59.8 Å². The van der Waals surface area contributed by atoms with E-state index in [1.54, 1.807) is 18.2 Å². The number of benzene rings is 2. The summed E-state index contributed by atoms with van der Waals surface area (Å²) in [5.41, 5.74) is 1.21. The van der Waals surface area contributed by atoms with Crippen molar-refractivity contribution in [2.75, 3.05) is 11.9 Å². The van der Waals surface area contributed by atoms with Gasteiger partial charge in [-0.2, -0.15) is 0 Å². The van der Waals surface area contributed by atoms with Crippen LogP contribution >= 0.6 is 27.7 Å². The zero-order chi connectivity index (χ0) is 20.3. The number of carbonyl (C=O) groups excluding carboxylic acids is 3. The summed E-state index contributed by atoms with van der Waals surface area (Å²) in [6, 6.07) is 12.8. The molecule has 0 radical (unpaired) electrons. The maximum absolute atomic E-state index is 12.5. The molecule has 0 spiro atoms. The quantitative estimate of drug-likeness (QED) is 0.657. The number of hydrogen-bond donors (Lipinski definition) is 2. The van der Waals surface area contributed by atoms with E-state index >= 15 is 0 Å². The third-order valence-electron chi connectivity index (χ3n) is 3.76. The molecule has 2 aromatic rings. The number of aromatic carboxylic acids is 1. The highest BCUT2D eigenvalue weighted by atomic mass is 79.9. The molecule has 142 valence electrons. The molecule has 0 saturated carbocycles. The lowest BCUT2D eigenvalue weighted by molar-refractivity contribution is -0.127. The Kier molecular flexibility index (Phi) is 5.96. The van der Waals surface area contributed by atoms with Crippen LogP contribution in [0.25, 0.3) is 6.08 Å². The first-order valence-corrected chi connectivity index (χ1v) is 9.58. The Balaban J connectivity index is 1.65. The molecule has 1 heterocycles. The van der Waals surface area contributed by atoms with Gasteiger partial charge in [-0.15, -0.1) is 0 Å². The van der Waals surface area contributed by atoms with Crippen molar-refractivity contribution in [2.24, 2.45) is 0 Å². The number of thioether (sulfide) groups is 1. The average Bonchev–Trinajstić information content (AvgIpc) is 2.91. The van der Waals surface area contributed by atoms with Gasteiger partial charge in [0.05, 0.1) is 10.5 Å². The van der Waals surface area contributed by atoms with Crippen LogP contribution in [0.3, 0.4) is 0 Å². The molecule has 0 bridgehead atoms. The van der Waals surface area contributed by atoms with Gasteiger partial charge in [0, 0.05) is 10.2 Å². The standard InChI is InChI=1S/C19H13BrN2O5S/c20-13-5-1-11(2-6-13)9-15-17(24)22(19(27)28-15)10-16(23)21-14-7-3-12(4-8-14)18(25)26/h1-9H,10H2,(H,21,23)(H,25,26)/b15-9-. The number of hydrogen-bond acceptors (Lipinski definition) is 5. The van der Waals surface area contributed by atoms with Gasteiger partial charge in [0.2, 0.25) is 5.91 Å². The fourth-order valence-electron chi connectivity index (χ4n) is 2.39. The molecule has 0 atom stereocenters. The molecule has 1 saturated heterocycles. The number of carboxylic acids is 1. The maximum Gasteiger partial charge on any atom is 0.335 e. The lowest BCUT2D eigenvalue weighted by Gasteiger charge is -2.12. The summed E-state index contributed by atoms with van der Waals surface area (Å²) >= 11 is 4.10. The Bertz CT molecular complexity index is 986. The molecule has 1 aliphatic rings. The first-order chi connectivity index (χ1) is 13.3. The Morgan fingerprint density at radius 1 is 1.07 bits per heavy atom. The summed E-state index contributed by atoms with van der Waals surface area (Å²) in [5.74, 6) is -2.17. The van der Waals surface area contributed by atoms with E-state index in [2.05, 4.69) is 21.2 Å². The molecular formula is C19H13BrN2O5S. The van der Waals surface area contributed by atoms with Crippen molar-refractivity contribution in [3.63, 3.8) is 0 Å². The van der Waals surface area contributed by atoms with E-state index in [9.17, 15) is 19.2 Å². The zero-order valence-electron chi connectivity index (χ0n) is 14.2. The minimum absolute atomic E-state index is 0.0852. The van der Waals surface area contributed by atoms with Crippen LogP contribution in [0.15, 0.2) is 57.9 Å². The molecule has 28 heavy (non-hydrogen) atoms. The third-order valence-corrected chi connectivity index (χ3v) is 5.19. The Hall–Kier alpha value is -2.91. The predicted molar refractivity (Wildman–Crippen MR) is 109 cm³/mol. The van der Waals surface area contributed by atoms with Crippen LogP contribution in [0, 0.1) is 0 Å². The van der Waals surface area contributed by atoms with Crippen LogP contribution < -0.4 is 5.32 Å². The number of imide groups is 1. The van der Waals surface area contributed by atoms with Crippen molar-refractivity contribution < 1.29 is 24.3 Å². The third kappa shape index (κ3) is 4.68. The Morgan fingerprint density at radius 3 is 2.32 bits per heavy atom. The summed E-state index contributed by atoms with van der Waals surface area (Å²) in [6.07, 6.45) is 1.60. The van der Waals surface area contributed by atoms with E-state index in [-0.39, 0.29) is 10.5 Å². The van der Waals surface area contributed by atoms with Crippen LogP contribution in [0.2, 0.25) is 0 Å². The molecule has 1 fully saturated rings. The van der Waals surface area contributed by atoms with Gasteiger partial charge < -0.3 is 10.4 Å². The molecule has 1 aliphatic heterocycles. The zero-order valence-corrected chi connectivity index (χ0v) is 16.6. The topological polar surface area (TPSA) is 104 Å². The molecule has 2 aromatic carbocycles. The largest absolute Gasteiger partial charge is 0.478 e. The van der Waals surface area contributed by atoms with E-state index < -0.39 is 29.6 Å². The number of rotatable bonds is 5. The van der Waals surface area contributed by atoms with Crippen molar-refractivity contribution in [3.05, 3.63) is 69.0 Å². The molecular weight excluding hydrogens is 448 g/mol. The van der Waals surface area contributed by atoms with Gasteiger partial charge >= 0.3 is 5.97 Å². The number of amides is 3. The number of nitrogens with zero attached hydrogens (tertiary/aromatic N) is 1. The molecule has 0 aliphatic carbocycles. The normalized spacial score (nSPS) is 15.2. The van der Waals surface area contributed by atoms with E-state index in [1.165, 1.54) is 24.3 Å². The first kappa shape index (κ1) is 19.8. The molecule has 3 rings (SSSR count). The minimum Gasteiger partial charge on any atom is -0.478 e. The summed E-state index contributed by atoms with van der Waals surface area (Å²) in [5, 5.41) is 10.9. The maximum atomic E-state index is 12.5. The number of halogens is 1. The first-order valence-electron chi connectivity index (χ1n) is 7.97. The van der Waals surface area contributed by atoms with E-state index in [1.807, 2.05) is 12.1 Å². The second-order valence-corrected chi connectivity index (χ2v) is 7.66. The molecule has 7 nitrogen and oxygen atoms in total. The summed E-state index contributed by atoms with van der Waals surface area (Å²) < 4.78 is 0.894. The Morgan fingerprint density at radius 2 is 1.71 bits per heavy atom. The number of anilines is 1. The van der Waals surface area contributed by atoms with Crippen molar-refractivity contribution in [1.82, 2.24) is 4.90 Å². The number of carbonyl (C=O) groups is 4. The van der Waals surface area contributed by atoms with Gasteiger partial charge in [-0.25, -0.2) is 4.79 Å². The number of carboxylic acid groups (broad SMARTS) is 1. The number of nitrogens with one attached hydrogen (secondary N) is 1. The Labute approximate surface area is 172 Å². The second kappa shape index (κ2) is 8.41. The summed E-state index contributed by atoms with van der Waals surface area (Å²) in [7, 11) is 0. The van der Waals surface area contributed by atoms with Crippen LogP contribution in [-0.2, 0) is 9.59 Å². The second-order valence-electron chi connectivity index (χ2n) is 5.75. The van der Waals surface area contributed by atoms with Gasteiger partial charge in [-0.3, -0.25) is 19.3 Å². The lowest BCUT2D eigenvalue weighted by atomic mass is 10.2. The minimum atomic E-state index is -1.08. The van der Waals surface area contributed by atoms with Gasteiger partial charge in [0.15, 0.2) is 0 Å². The van der Waals surface area contributed by atoms with Crippen LogP contribution in [0.4, 0.5) is 10.5 Å². The smallest absolute Gasteiger partial charge is 0.335 e. The van der Waals surface area contributed by atoms with Crippen LogP contribution in [-0.4, -0.2) is 39.6 Å². The lowest BCUT2D eigenvalue weighted by Crippen LogP contribution is -2.36. The monoisotopic (exact) mass is 460 g/mol. The van der Waals surface area contributed by atoms with Crippen molar-refractivity contribution in [1.29, 1.82) is 0 Å². The fraction of sp³-hybridized carbons (Fsp3) is 0.0526. The van der Waals surface area contributed by atoms with E-state index in [0.29, 0.717) is 5.69 Å². The van der Waals surface area contributed by atoms with Gasteiger partial charge in [0.25, 0.3) is 11.1 Å². The molecule has 0 aromatic heterocycles. The van der Waals surface area contributed by atoms with Gasteiger partial charge in [-0.1, -0.05) is 28.1 Å². The van der Waals surface area contributed by atoms with Crippen molar-refractivity contribution in [2.45, 2.75) is 0 Å². The molecule has 2 N–H and O–H groups in total. The SMILES string of the molecule is O=C(CN1C(=O)S/C(=C\c2ccc(Br)cc2)C1=O)Nc1ccc(C(=O)O)cc1. The fourth-order valence-corrected chi connectivity index (χ4v) is 3.49. The highest BCUT2D eigenvalue weighted by Gasteiger charge is 2.36. The van der Waals surface area contributed by atoms with Gasteiger partial charge in [0.1, 0.15) is 6.54 Å². The van der Waals surface area contributed by atoms with E-state index in [4.69, 9.17) is 5.11 Å². The van der Waals surface area contributed by atoms with Crippen molar-refractivity contribution >= 4 is 62.5 Å². The molecule has 0 unspecified atom stereocenters. The molecule has 3 amide bonds. The average molecular weight is 461 g/mol. The summed E-state index contributed by atoms with van der Waals surface area (Å²) in [6.45, 7) is -0.428. The van der Waals surface area contributed by atoms with Crippen LogP contribution in [0.1, 0.15) is 15.9 Å². The van der Waals surface area contributed by atoms with Crippen molar-refractivity contribution in [3.8, 4) is 0 Å². The predicted octanol–water partition coefficient (Wildman–Crippen LogP) is 3.82. The summed E-state index contributed by atoms with van der Waals surface area (Å²) in [4.78, 5) is 48.7. The van der Waals surface area contributed by atoms with Crippen LogP contribution in [0.5, 0.6) is 0 Å².